The van der Waals surface area contributed by atoms with Gasteiger partial charge in [0, 0.05) is 6.54 Å². The van der Waals surface area contributed by atoms with Gasteiger partial charge in [-0.05, 0) is 31.2 Å². The van der Waals surface area contributed by atoms with E-state index in [1.165, 1.54) is 5.56 Å². The van der Waals surface area contributed by atoms with E-state index < -0.39 is 0 Å². The van der Waals surface area contributed by atoms with Crippen molar-refractivity contribution in [2.45, 2.75) is 20.4 Å². The quantitative estimate of drug-likeness (QED) is 0.539. The molecular weight excluding hydrogens is 226 g/mol. The zero-order valence-electron chi connectivity index (χ0n) is 11.3. The van der Waals surface area contributed by atoms with Gasteiger partial charge in [-0.3, -0.25) is 0 Å². The first-order valence-electron chi connectivity index (χ1n) is 6.48. The molecule has 1 aromatic carbocycles. The van der Waals surface area contributed by atoms with Crippen molar-refractivity contribution >= 4 is 0 Å². The van der Waals surface area contributed by atoms with Gasteiger partial charge in [-0.25, -0.2) is 0 Å². The van der Waals surface area contributed by atoms with Gasteiger partial charge in [0.1, 0.15) is 12.4 Å². The molecule has 0 aromatic heterocycles. The van der Waals surface area contributed by atoms with Gasteiger partial charge >= 0.3 is 0 Å². The third-order valence-electron chi connectivity index (χ3n) is 2.42. The van der Waals surface area contributed by atoms with Crippen molar-refractivity contribution in [2.75, 3.05) is 26.4 Å². The second kappa shape index (κ2) is 9.68. The van der Waals surface area contributed by atoms with Crippen LogP contribution in [0.3, 0.4) is 0 Å². The van der Waals surface area contributed by atoms with E-state index in [0.717, 1.165) is 18.8 Å². The first kappa shape index (κ1) is 14.7. The lowest BCUT2D eigenvalue weighted by atomic mass is 10.2. The lowest BCUT2D eigenvalue weighted by molar-refractivity contribution is 0.121. The normalized spacial score (nSPS) is 11.0. The largest absolute Gasteiger partial charge is 0.491 e. The number of hydrogen-bond donors (Lipinski definition) is 1. The van der Waals surface area contributed by atoms with Gasteiger partial charge in [-0.15, -0.1) is 0 Å². The first-order chi connectivity index (χ1) is 8.86. The summed E-state index contributed by atoms with van der Waals surface area (Å²) in [6.45, 7) is 7.79. The van der Waals surface area contributed by atoms with Crippen LogP contribution in [0.1, 0.15) is 19.4 Å². The van der Waals surface area contributed by atoms with Crippen LogP contribution in [0.4, 0.5) is 0 Å². The summed E-state index contributed by atoms with van der Waals surface area (Å²) in [4.78, 5) is 0. The number of nitrogens with one attached hydrogen (secondary N) is 1. The van der Waals surface area contributed by atoms with Crippen molar-refractivity contribution in [2.24, 2.45) is 0 Å². The van der Waals surface area contributed by atoms with Gasteiger partial charge in [0.2, 0.25) is 0 Å². The van der Waals surface area contributed by atoms with Crippen LogP contribution in [0.5, 0.6) is 5.75 Å². The molecule has 0 spiro atoms. The molecule has 0 aliphatic rings. The zero-order valence-corrected chi connectivity index (χ0v) is 11.3. The van der Waals surface area contributed by atoms with Crippen LogP contribution < -0.4 is 10.1 Å². The van der Waals surface area contributed by atoms with Crippen molar-refractivity contribution in [3.05, 3.63) is 42.0 Å². The van der Waals surface area contributed by atoms with E-state index in [2.05, 4.69) is 24.4 Å². The molecule has 3 heteroatoms. The highest BCUT2D eigenvalue weighted by atomic mass is 16.5. The smallest absolute Gasteiger partial charge is 0.119 e. The first-order valence-corrected chi connectivity index (χ1v) is 6.48. The summed E-state index contributed by atoms with van der Waals surface area (Å²) >= 11 is 0. The SMILES string of the molecule is CC=CCOCCOc1cccc(CNCC)c1. The third-order valence-corrected chi connectivity index (χ3v) is 2.42. The second-order valence-corrected chi connectivity index (χ2v) is 3.92. The fourth-order valence-electron chi connectivity index (χ4n) is 1.48. The molecule has 0 aliphatic heterocycles. The van der Waals surface area contributed by atoms with E-state index in [1.54, 1.807) is 0 Å². The lowest BCUT2D eigenvalue weighted by Gasteiger charge is -2.08. The maximum Gasteiger partial charge on any atom is 0.119 e. The summed E-state index contributed by atoms with van der Waals surface area (Å²) in [5, 5.41) is 3.29. The Balaban J connectivity index is 2.24. The summed E-state index contributed by atoms with van der Waals surface area (Å²) in [5.74, 6) is 0.903. The van der Waals surface area contributed by atoms with Crippen LogP contribution in [0.2, 0.25) is 0 Å². The molecule has 0 saturated carbocycles. The molecule has 1 N–H and O–H groups in total. The molecule has 18 heavy (non-hydrogen) atoms. The molecule has 0 heterocycles. The Labute approximate surface area is 110 Å². The fourth-order valence-corrected chi connectivity index (χ4v) is 1.48. The van der Waals surface area contributed by atoms with Crippen LogP contribution >= 0.6 is 0 Å². The minimum absolute atomic E-state index is 0.586. The van der Waals surface area contributed by atoms with Crippen molar-refractivity contribution in [1.29, 1.82) is 0 Å². The Morgan fingerprint density at radius 3 is 2.94 bits per heavy atom. The van der Waals surface area contributed by atoms with E-state index >= 15 is 0 Å². The van der Waals surface area contributed by atoms with Crippen molar-refractivity contribution in [3.63, 3.8) is 0 Å². The number of rotatable bonds is 9. The molecule has 1 aromatic rings. The Kier molecular flexibility index (Phi) is 7.93. The summed E-state index contributed by atoms with van der Waals surface area (Å²) < 4.78 is 11.0. The van der Waals surface area contributed by atoms with Crippen molar-refractivity contribution in [3.8, 4) is 5.75 Å². The van der Waals surface area contributed by atoms with E-state index in [9.17, 15) is 0 Å². The highest BCUT2D eigenvalue weighted by Gasteiger charge is 1.96. The summed E-state index contributed by atoms with van der Waals surface area (Å²) in [5.41, 5.74) is 1.24. The zero-order chi connectivity index (χ0) is 13.1. The second-order valence-electron chi connectivity index (χ2n) is 3.92. The van der Waals surface area contributed by atoms with Gasteiger partial charge < -0.3 is 14.8 Å². The molecule has 3 nitrogen and oxygen atoms in total. The summed E-state index contributed by atoms with van der Waals surface area (Å²) in [6, 6.07) is 8.15. The Bertz CT molecular complexity index is 350. The maximum absolute atomic E-state index is 5.63. The van der Waals surface area contributed by atoms with E-state index in [4.69, 9.17) is 9.47 Å². The Morgan fingerprint density at radius 2 is 2.17 bits per heavy atom. The van der Waals surface area contributed by atoms with E-state index in [1.807, 2.05) is 31.2 Å². The molecule has 0 aliphatic carbocycles. The van der Waals surface area contributed by atoms with Crippen molar-refractivity contribution < 1.29 is 9.47 Å². The molecule has 0 unspecified atom stereocenters. The molecule has 1 rings (SSSR count). The summed E-state index contributed by atoms with van der Waals surface area (Å²) in [6.07, 6.45) is 3.96. The number of hydrogen-bond acceptors (Lipinski definition) is 3. The molecule has 0 saturated heterocycles. The number of allylic oxidation sites excluding steroid dienone is 1. The van der Waals surface area contributed by atoms with Crippen LogP contribution in [-0.2, 0) is 11.3 Å². The molecule has 0 atom stereocenters. The van der Waals surface area contributed by atoms with Gasteiger partial charge in [0.05, 0.1) is 13.2 Å². The minimum Gasteiger partial charge on any atom is -0.491 e. The molecule has 100 valence electrons. The van der Waals surface area contributed by atoms with E-state index in [0.29, 0.717) is 19.8 Å². The highest BCUT2D eigenvalue weighted by molar-refractivity contribution is 5.28. The van der Waals surface area contributed by atoms with Crippen LogP contribution in [0.15, 0.2) is 36.4 Å². The number of ether oxygens (including phenoxy) is 2. The van der Waals surface area contributed by atoms with Gasteiger partial charge in [-0.2, -0.15) is 0 Å². The van der Waals surface area contributed by atoms with Crippen LogP contribution in [-0.4, -0.2) is 26.4 Å². The van der Waals surface area contributed by atoms with Crippen molar-refractivity contribution in [1.82, 2.24) is 5.32 Å². The molecule has 0 fully saturated rings. The van der Waals surface area contributed by atoms with Gasteiger partial charge in [-0.1, -0.05) is 31.2 Å². The molecule has 0 radical (unpaired) electrons. The van der Waals surface area contributed by atoms with Gasteiger partial charge in [0.15, 0.2) is 0 Å². The predicted molar refractivity (Wildman–Crippen MR) is 75.0 cm³/mol. The monoisotopic (exact) mass is 249 g/mol. The third kappa shape index (κ3) is 6.42. The fraction of sp³-hybridized carbons (Fsp3) is 0.467. The molecular formula is C15H23NO2. The molecule has 0 bridgehead atoms. The highest BCUT2D eigenvalue weighted by Crippen LogP contribution is 2.12. The summed E-state index contributed by atoms with van der Waals surface area (Å²) in [7, 11) is 0. The van der Waals surface area contributed by atoms with Gasteiger partial charge in [0.25, 0.3) is 0 Å². The average Bonchev–Trinajstić information content (AvgIpc) is 2.41. The standard InChI is InChI=1S/C15H23NO2/c1-3-5-9-17-10-11-18-15-8-6-7-14(12-15)13-16-4-2/h3,5-8,12,16H,4,9-11,13H2,1-2H3. The van der Waals surface area contributed by atoms with E-state index in [-0.39, 0.29) is 0 Å². The van der Waals surface area contributed by atoms with Crippen LogP contribution in [0, 0.1) is 0 Å². The Hall–Kier alpha value is -1.32. The lowest BCUT2D eigenvalue weighted by Crippen LogP contribution is -2.12. The minimum atomic E-state index is 0.586. The number of benzene rings is 1. The Morgan fingerprint density at radius 1 is 1.28 bits per heavy atom. The maximum atomic E-state index is 5.63. The predicted octanol–water partition coefficient (Wildman–Crippen LogP) is 2.77. The molecule has 0 amide bonds. The topological polar surface area (TPSA) is 30.5 Å². The van der Waals surface area contributed by atoms with Crippen LogP contribution in [0.25, 0.3) is 0 Å². The average molecular weight is 249 g/mol.